The number of nitrogens with zero attached hydrogens (tertiary/aromatic N) is 3. The van der Waals surface area contributed by atoms with Crippen LogP contribution in [0.15, 0.2) is 42.6 Å². The number of ether oxygens (including phenoxy) is 6. The van der Waals surface area contributed by atoms with Crippen LogP contribution in [0.4, 0.5) is 20.3 Å². The Morgan fingerprint density at radius 3 is 2.72 bits per heavy atom. The maximum Gasteiger partial charge on any atom is 0.586 e. The summed E-state index contributed by atoms with van der Waals surface area (Å²) >= 11 is 0. The highest BCUT2D eigenvalue weighted by Crippen LogP contribution is 2.41. The number of pyridine rings is 2. The molecule has 3 aliphatic heterocycles. The first-order valence-electron chi connectivity index (χ1n) is 14.2. The normalized spacial score (nSPS) is 19.2. The molecule has 2 saturated heterocycles. The molecule has 1 N–H and O–H groups in total. The first-order chi connectivity index (χ1) is 20.8. The zero-order chi connectivity index (χ0) is 29.8. The highest BCUT2D eigenvalue weighted by Gasteiger charge is 2.43. The molecule has 3 aromatic rings. The molecule has 11 nitrogen and oxygen atoms in total. The van der Waals surface area contributed by atoms with Crippen molar-refractivity contribution in [3.05, 3.63) is 53.9 Å². The van der Waals surface area contributed by atoms with Crippen molar-refractivity contribution in [2.75, 3.05) is 56.3 Å². The first-order valence-corrected chi connectivity index (χ1v) is 14.2. The summed E-state index contributed by atoms with van der Waals surface area (Å²) in [5.41, 5.74) is 2.83. The molecule has 1 unspecified atom stereocenters. The van der Waals surface area contributed by atoms with Crippen LogP contribution in [0.25, 0.3) is 11.1 Å². The Hall–Kier alpha value is -4.07. The Bertz CT molecular complexity index is 1460. The number of hydrogen-bond donors (Lipinski definition) is 1. The average molecular weight is 599 g/mol. The van der Waals surface area contributed by atoms with E-state index in [0.717, 1.165) is 41.9 Å². The van der Waals surface area contributed by atoms with Crippen LogP contribution < -0.4 is 24.4 Å². The van der Waals surface area contributed by atoms with Crippen LogP contribution in [0, 0.1) is 6.92 Å². The zero-order valence-corrected chi connectivity index (χ0v) is 23.6. The van der Waals surface area contributed by atoms with E-state index in [0.29, 0.717) is 57.7 Å². The summed E-state index contributed by atoms with van der Waals surface area (Å²) in [5, 5.41) is 2.79. The van der Waals surface area contributed by atoms with Gasteiger partial charge in [-0.05, 0) is 62.1 Å². The average Bonchev–Trinajstić information content (AvgIpc) is 3.34. The SMILES string of the molecule is Cc1ncc(NC(=O)c2ccc3c(c2)OC(F)(F)O3)cc1-c1cc(OCCOC2CCCCO2)nc(N2CCOCC2)c1. The fourth-order valence-corrected chi connectivity index (χ4v) is 5.03. The molecule has 0 spiro atoms. The van der Waals surface area contributed by atoms with Crippen molar-refractivity contribution in [1.29, 1.82) is 0 Å². The third-order valence-corrected chi connectivity index (χ3v) is 7.22. The molecule has 3 aliphatic rings. The Balaban J connectivity index is 1.20. The lowest BCUT2D eigenvalue weighted by Crippen LogP contribution is -2.36. The van der Waals surface area contributed by atoms with Gasteiger partial charge in [0, 0.05) is 42.6 Å². The summed E-state index contributed by atoms with van der Waals surface area (Å²) in [7, 11) is 0. The summed E-state index contributed by atoms with van der Waals surface area (Å²) < 4.78 is 58.7. The third-order valence-electron chi connectivity index (χ3n) is 7.22. The predicted molar refractivity (Wildman–Crippen MR) is 151 cm³/mol. The van der Waals surface area contributed by atoms with Crippen molar-refractivity contribution in [3.63, 3.8) is 0 Å². The van der Waals surface area contributed by atoms with Crippen molar-refractivity contribution in [2.45, 2.75) is 38.8 Å². The largest absolute Gasteiger partial charge is 0.586 e. The van der Waals surface area contributed by atoms with Crippen LogP contribution in [-0.4, -0.2) is 74.6 Å². The molecule has 2 aromatic heterocycles. The van der Waals surface area contributed by atoms with Crippen molar-refractivity contribution >= 4 is 17.4 Å². The molecule has 13 heteroatoms. The van der Waals surface area contributed by atoms with Gasteiger partial charge in [-0.1, -0.05) is 0 Å². The topological polar surface area (TPSA) is 114 Å². The van der Waals surface area contributed by atoms with Crippen LogP contribution in [0.5, 0.6) is 17.4 Å². The van der Waals surface area contributed by atoms with Gasteiger partial charge >= 0.3 is 6.29 Å². The number of nitrogens with one attached hydrogen (secondary N) is 1. The summed E-state index contributed by atoms with van der Waals surface area (Å²) in [6, 6.07) is 9.44. The molecule has 0 bridgehead atoms. The van der Waals surface area contributed by atoms with Crippen molar-refractivity contribution in [1.82, 2.24) is 9.97 Å². The molecule has 6 rings (SSSR count). The van der Waals surface area contributed by atoms with Gasteiger partial charge in [-0.3, -0.25) is 9.78 Å². The van der Waals surface area contributed by atoms with Gasteiger partial charge in [0.15, 0.2) is 17.8 Å². The number of rotatable bonds is 9. The quantitative estimate of drug-likeness (QED) is 0.345. The van der Waals surface area contributed by atoms with Gasteiger partial charge in [0.2, 0.25) is 5.88 Å². The van der Waals surface area contributed by atoms with E-state index in [2.05, 4.69) is 24.7 Å². The molecule has 1 atom stereocenters. The summed E-state index contributed by atoms with van der Waals surface area (Å²) in [5.74, 6) is 0.294. The van der Waals surface area contributed by atoms with E-state index in [1.54, 1.807) is 6.07 Å². The second-order valence-corrected chi connectivity index (χ2v) is 10.3. The number of benzene rings is 1. The number of morpholine rings is 1. The molecule has 1 aromatic carbocycles. The standard InChI is InChI=1S/C30H32F2N4O7/c1-19-23(17-22(18-33-19)34-29(37)20-5-6-24-25(14-20)43-30(31,32)42-24)21-15-26(36-7-10-38-11-8-36)35-27(16-21)39-12-13-41-28-4-2-3-9-40-28/h5-6,14-18,28H,2-4,7-13H2,1H3,(H,34,37). The summed E-state index contributed by atoms with van der Waals surface area (Å²) in [6.07, 6.45) is 0.572. The Morgan fingerprint density at radius 1 is 1.07 bits per heavy atom. The van der Waals surface area contributed by atoms with Crippen LogP contribution in [0.1, 0.15) is 35.3 Å². The zero-order valence-electron chi connectivity index (χ0n) is 23.6. The molecule has 0 aliphatic carbocycles. The summed E-state index contributed by atoms with van der Waals surface area (Å²) in [4.78, 5) is 24.4. The van der Waals surface area contributed by atoms with Crippen LogP contribution in [0.3, 0.4) is 0 Å². The minimum Gasteiger partial charge on any atom is -0.475 e. The molecule has 1 amide bonds. The van der Waals surface area contributed by atoms with Gasteiger partial charge in [-0.15, -0.1) is 8.78 Å². The molecule has 228 valence electrons. The van der Waals surface area contributed by atoms with E-state index in [4.69, 9.17) is 23.9 Å². The molecule has 2 fully saturated rings. The predicted octanol–water partition coefficient (Wildman–Crippen LogP) is 4.78. The van der Waals surface area contributed by atoms with E-state index in [1.165, 1.54) is 24.4 Å². The second kappa shape index (κ2) is 12.7. The number of halogens is 2. The van der Waals surface area contributed by atoms with Gasteiger partial charge in [0.25, 0.3) is 5.91 Å². The lowest BCUT2D eigenvalue weighted by molar-refractivity contribution is -0.286. The number of amides is 1. The van der Waals surface area contributed by atoms with E-state index in [-0.39, 0.29) is 23.4 Å². The number of fused-ring (bicyclic) bond motifs is 1. The second-order valence-electron chi connectivity index (χ2n) is 10.3. The van der Waals surface area contributed by atoms with Gasteiger partial charge in [-0.2, -0.15) is 4.98 Å². The number of alkyl halides is 2. The summed E-state index contributed by atoms with van der Waals surface area (Å²) in [6.45, 7) is 5.80. The Morgan fingerprint density at radius 2 is 1.91 bits per heavy atom. The number of aryl methyl sites for hydroxylation is 1. The third kappa shape index (κ3) is 7.12. The Labute approximate surface area is 247 Å². The molecular weight excluding hydrogens is 566 g/mol. The number of hydrogen-bond acceptors (Lipinski definition) is 10. The number of carbonyl (C=O) groups is 1. The maximum absolute atomic E-state index is 13.4. The van der Waals surface area contributed by atoms with E-state index < -0.39 is 12.2 Å². The number of aromatic nitrogens is 2. The van der Waals surface area contributed by atoms with Gasteiger partial charge < -0.3 is 38.6 Å². The van der Waals surface area contributed by atoms with Crippen molar-refractivity contribution in [2.24, 2.45) is 0 Å². The molecule has 0 saturated carbocycles. The molecule has 5 heterocycles. The lowest BCUT2D eigenvalue weighted by atomic mass is 10.0. The smallest absolute Gasteiger partial charge is 0.475 e. The van der Waals surface area contributed by atoms with Crippen LogP contribution >= 0.6 is 0 Å². The number of anilines is 2. The first kappa shape index (κ1) is 29.0. The van der Waals surface area contributed by atoms with E-state index >= 15 is 0 Å². The minimum atomic E-state index is -3.77. The van der Waals surface area contributed by atoms with Crippen LogP contribution in [-0.2, 0) is 14.2 Å². The number of carbonyl (C=O) groups excluding carboxylic acids is 1. The van der Waals surface area contributed by atoms with Crippen molar-refractivity contribution in [3.8, 4) is 28.5 Å². The maximum atomic E-state index is 13.4. The molecular formula is C30H32F2N4O7. The highest BCUT2D eigenvalue weighted by molar-refractivity contribution is 6.05. The molecule has 0 radical (unpaired) electrons. The fourth-order valence-electron chi connectivity index (χ4n) is 5.03. The van der Waals surface area contributed by atoms with Crippen LogP contribution in [0.2, 0.25) is 0 Å². The lowest BCUT2D eigenvalue weighted by Gasteiger charge is -2.28. The monoisotopic (exact) mass is 598 g/mol. The highest BCUT2D eigenvalue weighted by atomic mass is 19.3. The Kier molecular flexibility index (Phi) is 8.54. The van der Waals surface area contributed by atoms with E-state index in [9.17, 15) is 13.6 Å². The molecule has 43 heavy (non-hydrogen) atoms. The van der Waals surface area contributed by atoms with Gasteiger partial charge in [0.1, 0.15) is 12.4 Å². The minimum absolute atomic E-state index is 0.122. The van der Waals surface area contributed by atoms with E-state index in [1.807, 2.05) is 19.1 Å². The fraction of sp³-hybridized carbons (Fsp3) is 0.433. The van der Waals surface area contributed by atoms with Gasteiger partial charge in [0.05, 0.1) is 31.7 Å². The van der Waals surface area contributed by atoms with Gasteiger partial charge in [-0.25, -0.2) is 0 Å². The van der Waals surface area contributed by atoms with Crippen molar-refractivity contribution < 1.29 is 42.0 Å².